The highest BCUT2D eigenvalue weighted by Crippen LogP contribution is 2.35. The zero-order chi connectivity index (χ0) is 24.5. The molecule has 4 aromatic rings. The first-order valence-electron chi connectivity index (χ1n) is 10.3. The Labute approximate surface area is 193 Å². The van der Waals surface area contributed by atoms with Crippen LogP contribution in [0.4, 0.5) is 13.2 Å². The molecule has 34 heavy (non-hydrogen) atoms. The zero-order valence-electron chi connectivity index (χ0n) is 18.6. The van der Waals surface area contributed by atoms with E-state index in [4.69, 9.17) is 13.9 Å². The number of hydrogen-bond donors (Lipinski definition) is 1. The summed E-state index contributed by atoms with van der Waals surface area (Å²) in [5.74, 6) is 1.35. The van der Waals surface area contributed by atoms with E-state index in [0.717, 1.165) is 6.07 Å². The SMILES string of the molecule is COc1cc2nc(-c3ccc(C)o3)cc(C(=O)NCc3ccccc3C(F)(F)F)c2cc1OC. The molecule has 0 spiro atoms. The number of ether oxygens (including phenoxy) is 2. The van der Waals surface area contributed by atoms with Crippen LogP contribution in [0.15, 0.2) is 59.0 Å². The Morgan fingerprint density at radius 1 is 1.03 bits per heavy atom. The van der Waals surface area contributed by atoms with E-state index in [1.807, 2.05) is 0 Å². The molecule has 1 N–H and O–H groups in total. The summed E-state index contributed by atoms with van der Waals surface area (Å²) >= 11 is 0. The average molecular weight is 470 g/mol. The molecule has 0 aliphatic heterocycles. The van der Waals surface area contributed by atoms with Crippen molar-refractivity contribution in [3.8, 4) is 23.0 Å². The molecular formula is C25H21F3N2O4. The quantitative estimate of drug-likeness (QED) is 0.387. The van der Waals surface area contributed by atoms with Crippen LogP contribution in [0.2, 0.25) is 0 Å². The summed E-state index contributed by atoms with van der Waals surface area (Å²) in [6.07, 6.45) is -4.53. The molecular weight excluding hydrogens is 449 g/mol. The van der Waals surface area contributed by atoms with Gasteiger partial charge in [-0.1, -0.05) is 18.2 Å². The number of alkyl halides is 3. The Bertz CT molecular complexity index is 1360. The summed E-state index contributed by atoms with van der Waals surface area (Å²) in [7, 11) is 2.94. The first-order chi connectivity index (χ1) is 16.2. The second kappa shape index (κ2) is 9.09. The lowest BCUT2D eigenvalue weighted by Gasteiger charge is -2.15. The second-order valence-corrected chi connectivity index (χ2v) is 7.53. The van der Waals surface area contributed by atoms with Gasteiger partial charge in [0.05, 0.1) is 30.9 Å². The number of carbonyl (C=O) groups is 1. The Morgan fingerprint density at radius 2 is 1.74 bits per heavy atom. The third-order valence-corrected chi connectivity index (χ3v) is 5.31. The maximum atomic E-state index is 13.3. The largest absolute Gasteiger partial charge is 0.493 e. The predicted molar refractivity (Wildman–Crippen MR) is 120 cm³/mol. The fraction of sp³-hybridized carbons (Fsp3) is 0.200. The molecule has 6 nitrogen and oxygen atoms in total. The van der Waals surface area contributed by atoms with Crippen molar-refractivity contribution in [2.75, 3.05) is 14.2 Å². The van der Waals surface area contributed by atoms with Crippen LogP contribution in [0.1, 0.15) is 27.2 Å². The third-order valence-electron chi connectivity index (χ3n) is 5.31. The van der Waals surface area contributed by atoms with E-state index in [0.29, 0.717) is 39.6 Å². The fourth-order valence-electron chi connectivity index (χ4n) is 3.66. The maximum Gasteiger partial charge on any atom is 0.416 e. The molecule has 176 valence electrons. The summed E-state index contributed by atoms with van der Waals surface area (Å²) in [6, 6.07) is 13.4. The van der Waals surface area contributed by atoms with Crippen molar-refractivity contribution in [3.63, 3.8) is 0 Å². The average Bonchev–Trinajstić information content (AvgIpc) is 3.26. The zero-order valence-corrected chi connectivity index (χ0v) is 18.6. The van der Waals surface area contributed by atoms with Crippen molar-refractivity contribution in [2.45, 2.75) is 19.6 Å². The van der Waals surface area contributed by atoms with Gasteiger partial charge in [-0.2, -0.15) is 13.2 Å². The number of pyridine rings is 1. The number of methoxy groups -OCH3 is 2. The highest BCUT2D eigenvalue weighted by Gasteiger charge is 2.33. The van der Waals surface area contributed by atoms with Gasteiger partial charge >= 0.3 is 6.18 Å². The maximum absolute atomic E-state index is 13.3. The molecule has 0 radical (unpaired) electrons. The third kappa shape index (κ3) is 4.54. The minimum absolute atomic E-state index is 0.0390. The van der Waals surface area contributed by atoms with Gasteiger partial charge in [-0.3, -0.25) is 4.79 Å². The molecule has 9 heteroatoms. The minimum atomic E-state index is -4.53. The van der Waals surface area contributed by atoms with Crippen LogP contribution in [0, 0.1) is 6.92 Å². The fourth-order valence-corrected chi connectivity index (χ4v) is 3.66. The number of halogens is 3. The number of aryl methyl sites for hydroxylation is 1. The summed E-state index contributed by atoms with van der Waals surface area (Å²) in [5.41, 5.74) is 0.203. The van der Waals surface area contributed by atoms with Crippen LogP contribution in [0.25, 0.3) is 22.4 Å². The van der Waals surface area contributed by atoms with Gasteiger partial charge in [0, 0.05) is 18.0 Å². The lowest BCUT2D eigenvalue weighted by molar-refractivity contribution is -0.138. The van der Waals surface area contributed by atoms with Gasteiger partial charge in [0.25, 0.3) is 5.91 Å². The number of aromatic nitrogens is 1. The second-order valence-electron chi connectivity index (χ2n) is 7.53. The van der Waals surface area contributed by atoms with Gasteiger partial charge in [-0.25, -0.2) is 4.98 Å². The highest BCUT2D eigenvalue weighted by atomic mass is 19.4. The molecule has 0 aliphatic rings. The molecule has 2 heterocycles. The number of hydrogen-bond acceptors (Lipinski definition) is 5. The molecule has 0 atom stereocenters. The van der Waals surface area contributed by atoms with Crippen molar-refractivity contribution in [2.24, 2.45) is 0 Å². The van der Waals surface area contributed by atoms with Crippen LogP contribution in [-0.4, -0.2) is 25.1 Å². The number of furan rings is 1. The number of nitrogens with zero attached hydrogens (tertiary/aromatic N) is 1. The van der Waals surface area contributed by atoms with E-state index in [9.17, 15) is 18.0 Å². The molecule has 2 aromatic heterocycles. The molecule has 4 rings (SSSR count). The lowest BCUT2D eigenvalue weighted by atomic mass is 10.0. The molecule has 0 aliphatic carbocycles. The lowest BCUT2D eigenvalue weighted by Crippen LogP contribution is -2.25. The van der Waals surface area contributed by atoms with E-state index in [1.54, 1.807) is 31.2 Å². The monoisotopic (exact) mass is 470 g/mol. The van der Waals surface area contributed by atoms with Gasteiger partial charge in [-0.15, -0.1) is 0 Å². The number of nitrogens with one attached hydrogen (secondary N) is 1. The molecule has 0 saturated heterocycles. The van der Waals surface area contributed by atoms with Crippen LogP contribution in [-0.2, 0) is 12.7 Å². The number of rotatable bonds is 6. The molecule has 0 bridgehead atoms. The van der Waals surface area contributed by atoms with Crippen LogP contribution in [0.5, 0.6) is 11.5 Å². The first kappa shape index (κ1) is 23.2. The van der Waals surface area contributed by atoms with Crippen LogP contribution < -0.4 is 14.8 Å². The van der Waals surface area contributed by atoms with Gasteiger partial charge < -0.3 is 19.2 Å². The van der Waals surface area contributed by atoms with Gasteiger partial charge in [-0.05, 0) is 42.8 Å². The Morgan fingerprint density at radius 3 is 2.38 bits per heavy atom. The summed E-state index contributed by atoms with van der Waals surface area (Å²) in [6.45, 7) is 1.48. The Balaban J connectivity index is 1.78. The van der Waals surface area contributed by atoms with Gasteiger partial charge in [0.1, 0.15) is 11.5 Å². The van der Waals surface area contributed by atoms with E-state index in [1.165, 1.54) is 38.5 Å². The van der Waals surface area contributed by atoms with Crippen molar-refractivity contribution in [3.05, 3.63) is 77.0 Å². The van der Waals surface area contributed by atoms with E-state index >= 15 is 0 Å². The van der Waals surface area contributed by atoms with Crippen LogP contribution in [0.3, 0.4) is 0 Å². The van der Waals surface area contributed by atoms with E-state index in [-0.39, 0.29) is 17.7 Å². The molecule has 0 fully saturated rings. The topological polar surface area (TPSA) is 73.6 Å². The molecule has 0 unspecified atom stereocenters. The van der Waals surface area contributed by atoms with E-state index in [2.05, 4.69) is 10.3 Å². The molecule has 0 saturated carbocycles. The summed E-state index contributed by atoms with van der Waals surface area (Å²) in [5, 5.41) is 3.05. The van der Waals surface area contributed by atoms with Crippen LogP contribution >= 0.6 is 0 Å². The first-order valence-corrected chi connectivity index (χ1v) is 10.3. The van der Waals surface area contributed by atoms with E-state index < -0.39 is 17.6 Å². The van der Waals surface area contributed by atoms with Crippen molar-refractivity contribution in [1.82, 2.24) is 10.3 Å². The predicted octanol–water partition coefficient (Wildman–Crippen LogP) is 5.77. The standard InChI is InChI=1S/C25H21F3N2O4/c1-14-8-9-21(34-14)20-10-17(16-11-22(32-2)23(33-3)12-19(16)30-20)24(31)29-13-15-6-4-5-7-18(15)25(26,27)28/h4-12H,13H2,1-3H3,(H,29,31). The van der Waals surface area contributed by atoms with Crippen molar-refractivity contribution >= 4 is 16.8 Å². The highest BCUT2D eigenvalue weighted by molar-refractivity contribution is 6.07. The van der Waals surface area contributed by atoms with Gasteiger partial charge in [0.2, 0.25) is 0 Å². The van der Waals surface area contributed by atoms with Crippen molar-refractivity contribution in [1.29, 1.82) is 0 Å². The minimum Gasteiger partial charge on any atom is -0.493 e. The smallest absolute Gasteiger partial charge is 0.416 e. The van der Waals surface area contributed by atoms with Crippen molar-refractivity contribution < 1.29 is 31.9 Å². The summed E-state index contributed by atoms with van der Waals surface area (Å²) in [4.78, 5) is 17.8. The van der Waals surface area contributed by atoms with Gasteiger partial charge in [0.15, 0.2) is 17.3 Å². The Kier molecular flexibility index (Phi) is 6.19. The number of carbonyl (C=O) groups excluding carboxylic acids is 1. The summed E-state index contributed by atoms with van der Waals surface area (Å²) < 4.78 is 56.4. The number of amides is 1. The molecule has 2 aromatic carbocycles. The Hall–Kier alpha value is -4.01. The number of benzene rings is 2. The normalized spacial score (nSPS) is 11.5. The molecule has 1 amide bonds. The number of fused-ring (bicyclic) bond motifs is 1.